The zero-order valence-corrected chi connectivity index (χ0v) is 18.5. The molecule has 3 aromatic rings. The van der Waals surface area contributed by atoms with Crippen molar-refractivity contribution in [3.63, 3.8) is 0 Å². The van der Waals surface area contributed by atoms with Gasteiger partial charge in [-0.2, -0.15) is 0 Å². The van der Waals surface area contributed by atoms with Crippen LogP contribution in [0.5, 0.6) is 0 Å². The van der Waals surface area contributed by atoms with Crippen LogP contribution in [0.3, 0.4) is 0 Å². The fraction of sp³-hybridized carbons (Fsp3) is 0.333. The van der Waals surface area contributed by atoms with Crippen LogP contribution >= 0.6 is 34.8 Å². The molecule has 148 valence electrons. The molecule has 0 bridgehead atoms. The number of hydrogen-bond acceptors (Lipinski definition) is 2. The highest BCUT2D eigenvalue weighted by Gasteiger charge is 2.25. The van der Waals surface area contributed by atoms with Gasteiger partial charge in [-0.1, -0.05) is 53.0 Å². The van der Waals surface area contributed by atoms with Gasteiger partial charge in [-0.25, -0.2) is 4.98 Å². The molecule has 0 aliphatic heterocycles. The van der Waals surface area contributed by atoms with Crippen molar-refractivity contribution < 1.29 is 4.79 Å². The van der Waals surface area contributed by atoms with Crippen molar-refractivity contribution in [2.24, 2.45) is 0 Å². The molecular formula is C21H22Cl3N3O. The number of halogens is 3. The Bertz CT molecular complexity index is 1040. The molecule has 0 aliphatic rings. The maximum atomic E-state index is 12.9. The summed E-state index contributed by atoms with van der Waals surface area (Å²) in [6, 6.07) is 10.6. The minimum Gasteiger partial charge on any atom is -0.350 e. The first-order valence-electron chi connectivity index (χ1n) is 8.98. The first-order chi connectivity index (χ1) is 13.1. The lowest BCUT2D eigenvalue weighted by molar-refractivity contribution is -0.125. The van der Waals surface area contributed by atoms with Crippen LogP contribution in [0.15, 0.2) is 36.4 Å². The van der Waals surface area contributed by atoms with Gasteiger partial charge in [0, 0.05) is 17.0 Å². The molecular weight excluding hydrogens is 417 g/mol. The monoisotopic (exact) mass is 437 g/mol. The molecule has 0 saturated carbocycles. The lowest BCUT2D eigenvalue weighted by Crippen LogP contribution is -2.44. The summed E-state index contributed by atoms with van der Waals surface area (Å²) in [6.45, 7) is 7.70. The summed E-state index contributed by atoms with van der Waals surface area (Å²) in [7, 11) is 0. The molecule has 3 rings (SSSR count). The van der Waals surface area contributed by atoms with Gasteiger partial charge in [0.15, 0.2) is 0 Å². The van der Waals surface area contributed by atoms with E-state index in [9.17, 15) is 4.79 Å². The Morgan fingerprint density at radius 2 is 1.75 bits per heavy atom. The number of rotatable bonds is 4. The molecule has 28 heavy (non-hydrogen) atoms. The molecule has 4 nitrogen and oxygen atoms in total. The maximum Gasteiger partial charge on any atom is 0.243 e. The van der Waals surface area contributed by atoms with Crippen molar-refractivity contribution in [1.29, 1.82) is 0 Å². The summed E-state index contributed by atoms with van der Waals surface area (Å²) in [4.78, 5) is 17.6. The van der Waals surface area contributed by atoms with Crippen LogP contribution in [-0.2, 0) is 11.2 Å². The number of benzene rings is 2. The SMILES string of the molecule is C[C@@H](C(=O)NC(C)(C)C)n1c(Cc2ccccc2Cl)nc2cc(Cl)c(Cl)cc21. The number of carbonyl (C=O) groups excluding carboxylic acids is 1. The average Bonchev–Trinajstić information content (AvgIpc) is 2.92. The lowest BCUT2D eigenvalue weighted by atomic mass is 10.1. The van der Waals surface area contributed by atoms with Gasteiger partial charge in [0.05, 0.1) is 21.1 Å². The maximum absolute atomic E-state index is 12.9. The van der Waals surface area contributed by atoms with Crippen LogP contribution in [0.1, 0.15) is 45.1 Å². The quantitative estimate of drug-likeness (QED) is 0.538. The summed E-state index contributed by atoms with van der Waals surface area (Å²) >= 11 is 18.8. The average molecular weight is 439 g/mol. The van der Waals surface area contributed by atoms with Gasteiger partial charge < -0.3 is 9.88 Å². The van der Waals surface area contributed by atoms with Gasteiger partial charge in [-0.05, 0) is 51.5 Å². The summed E-state index contributed by atoms with van der Waals surface area (Å²) in [5.74, 6) is 0.622. The van der Waals surface area contributed by atoms with Gasteiger partial charge in [0.1, 0.15) is 11.9 Å². The number of nitrogens with one attached hydrogen (secondary N) is 1. The van der Waals surface area contributed by atoms with Gasteiger partial charge >= 0.3 is 0 Å². The Kier molecular flexibility index (Phi) is 5.95. The fourth-order valence-electron chi connectivity index (χ4n) is 3.10. The van der Waals surface area contributed by atoms with E-state index in [2.05, 4.69) is 5.32 Å². The highest BCUT2D eigenvalue weighted by molar-refractivity contribution is 6.42. The molecule has 0 saturated heterocycles. The molecule has 1 amide bonds. The summed E-state index contributed by atoms with van der Waals surface area (Å²) < 4.78 is 1.90. The zero-order valence-electron chi connectivity index (χ0n) is 16.2. The molecule has 0 radical (unpaired) electrons. The Labute approximate surface area is 179 Å². The smallest absolute Gasteiger partial charge is 0.243 e. The lowest BCUT2D eigenvalue weighted by Gasteiger charge is -2.25. The van der Waals surface area contributed by atoms with E-state index in [-0.39, 0.29) is 11.4 Å². The number of aromatic nitrogens is 2. The molecule has 0 spiro atoms. The summed E-state index contributed by atoms with van der Waals surface area (Å²) in [5, 5.41) is 4.53. The van der Waals surface area contributed by atoms with Crippen molar-refractivity contribution in [2.75, 3.05) is 0 Å². The van der Waals surface area contributed by atoms with E-state index < -0.39 is 6.04 Å². The Morgan fingerprint density at radius 1 is 1.11 bits per heavy atom. The predicted molar refractivity (Wildman–Crippen MR) is 117 cm³/mol. The Morgan fingerprint density at radius 3 is 2.39 bits per heavy atom. The van der Waals surface area contributed by atoms with E-state index in [0.29, 0.717) is 27.0 Å². The first kappa shape index (κ1) is 21.0. The fourth-order valence-corrected chi connectivity index (χ4v) is 3.62. The van der Waals surface area contributed by atoms with Crippen molar-refractivity contribution in [3.05, 3.63) is 62.9 Å². The molecule has 0 aliphatic carbocycles. The number of nitrogens with zero attached hydrogens (tertiary/aromatic N) is 2. The highest BCUT2D eigenvalue weighted by atomic mass is 35.5. The molecule has 0 unspecified atom stereocenters. The minimum absolute atomic E-state index is 0.0988. The predicted octanol–water partition coefficient (Wildman–Crippen LogP) is 6.06. The topological polar surface area (TPSA) is 46.9 Å². The molecule has 2 aromatic carbocycles. The van der Waals surface area contributed by atoms with Crippen LogP contribution in [0.4, 0.5) is 0 Å². The van der Waals surface area contributed by atoms with E-state index >= 15 is 0 Å². The van der Waals surface area contributed by atoms with E-state index in [1.165, 1.54) is 0 Å². The Balaban J connectivity index is 2.13. The second kappa shape index (κ2) is 7.94. The van der Waals surface area contributed by atoms with E-state index in [1.807, 2.05) is 56.5 Å². The molecule has 1 heterocycles. The molecule has 0 fully saturated rings. The third-order valence-electron chi connectivity index (χ3n) is 4.38. The largest absolute Gasteiger partial charge is 0.350 e. The van der Waals surface area contributed by atoms with E-state index in [4.69, 9.17) is 39.8 Å². The van der Waals surface area contributed by atoms with Gasteiger partial charge in [-0.15, -0.1) is 0 Å². The third-order valence-corrected chi connectivity index (χ3v) is 5.47. The van der Waals surface area contributed by atoms with E-state index in [0.717, 1.165) is 16.9 Å². The van der Waals surface area contributed by atoms with Crippen LogP contribution in [-0.4, -0.2) is 21.0 Å². The van der Waals surface area contributed by atoms with E-state index in [1.54, 1.807) is 12.1 Å². The van der Waals surface area contributed by atoms with Crippen molar-refractivity contribution in [1.82, 2.24) is 14.9 Å². The number of imidazole rings is 1. The van der Waals surface area contributed by atoms with Gasteiger partial charge in [0.2, 0.25) is 5.91 Å². The molecule has 1 N–H and O–H groups in total. The van der Waals surface area contributed by atoms with Crippen LogP contribution in [0, 0.1) is 0 Å². The third kappa shape index (κ3) is 4.45. The van der Waals surface area contributed by atoms with Crippen molar-refractivity contribution in [3.8, 4) is 0 Å². The van der Waals surface area contributed by atoms with Gasteiger partial charge in [-0.3, -0.25) is 4.79 Å². The zero-order chi connectivity index (χ0) is 20.6. The number of carbonyl (C=O) groups is 1. The standard InChI is InChI=1S/C21H22Cl3N3O/c1-12(20(28)26-21(2,3)4)27-18-11-16(24)15(23)10-17(18)25-19(27)9-13-7-5-6-8-14(13)22/h5-8,10-12H,9H2,1-4H3,(H,26,28)/t12-/m0/s1. The Hall–Kier alpha value is -1.75. The number of hydrogen-bond donors (Lipinski definition) is 1. The van der Waals surface area contributed by atoms with Crippen LogP contribution < -0.4 is 5.32 Å². The molecule has 1 aromatic heterocycles. The van der Waals surface area contributed by atoms with Crippen LogP contribution in [0.25, 0.3) is 11.0 Å². The van der Waals surface area contributed by atoms with Gasteiger partial charge in [0.25, 0.3) is 0 Å². The second-order valence-electron chi connectivity index (χ2n) is 7.84. The highest BCUT2D eigenvalue weighted by Crippen LogP contribution is 2.31. The van der Waals surface area contributed by atoms with Crippen molar-refractivity contribution in [2.45, 2.75) is 45.7 Å². The normalized spacial score (nSPS) is 13.0. The van der Waals surface area contributed by atoms with Crippen molar-refractivity contribution >= 4 is 51.7 Å². The molecule has 1 atom stereocenters. The first-order valence-corrected chi connectivity index (χ1v) is 10.1. The molecule has 7 heteroatoms. The number of fused-ring (bicyclic) bond motifs is 1. The summed E-state index contributed by atoms with van der Waals surface area (Å²) in [5.41, 5.74) is 2.03. The van der Waals surface area contributed by atoms with Crippen LogP contribution in [0.2, 0.25) is 15.1 Å². The second-order valence-corrected chi connectivity index (χ2v) is 9.06. The minimum atomic E-state index is -0.487. The number of amides is 1. The summed E-state index contributed by atoms with van der Waals surface area (Å²) in [6.07, 6.45) is 0.483.